The van der Waals surface area contributed by atoms with Gasteiger partial charge in [-0.2, -0.15) is 0 Å². The molecule has 0 radical (unpaired) electrons. The van der Waals surface area contributed by atoms with Crippen LogP contribution in [0.4, 0.5) is 5.69 Å². The highest BCUT2D eigenvalue weighted by molar-refractivity contribution is 7.90. The summed E-state index contributed by atoms with van der Waals surface area (Å²) in [6.45, 7) is 0. The van der Waals surface area contributed by atoms with E-state index in [4.69, 9.17) is 5.73 Å². The van der Waals surface area contributed by atoms with E-state index in [9.17, 15) is 13.2 Å². The van der Waals surface area contributed by atoms with Crippen molar-refractivity contribution in [1.82, 2.24) is 4.72 Å². The van der Waals surface area contributed by atoms with Crippen LogP contribution in [0.2, 0.25) is 0 Å². The first-order chi connectivity index (χ1) is 8.99. The molecule has 1 fully saturated rings. The summed E-state index contributed by atoms with van der Waals surface area (Å²) in [7, 11) is -3.78. The fraction of sp³-hybridized carbons (Fsp3) is 0.462. The minimum absolute atomic E-state index is 0.0610. The SMILES string of the molecule is Nc1ccc(S(=O)(=O)NC(=O)C2CCCCC2)cc1. The third-order valence-electron chi connectivity index (χ3n) is 3.40. The largest absolute Gasteiger partial charge is 0.399 e. The van der Waals surface area contributed by atoms with Gasteiger partial charge in [-0.05, 0) is 37.1 Å². The summed E-state index contributed by atoms with van der Waals surface area (Å²) >= 11 is 0. The third-order valence-corrected chi connectivity index (χ3v) is 4.76. The average molecular weight is 282 g/mol. The molecule has 0 spiro atoms. The van der Waals surface area contributed by atoms with Crippen LogP contribution in [-0.4, -0.2) is 14.3 Å². The van der Waals surface area contributed by atoms with Gasteiger partial charge < -0.3 is 5.73 Å². The van der Waals surface area contributed by atoms with Crippen molar-refractivity contribution in [2.45, 2.75) is 37.0 Å². The highest BCUT2D eigenvalue weighted by atomic mass is 32.2. The molecule has 19 heavy (non-hydrogen) atoms. The van der Waals surface area contributed by atoms with Crippen LogP contribution in [0.5, 0.6) is 0 Å². The number of carbonyl (C=O) groups is 1. The number of benzene rings is 1. The predicted octanol–water partition coefficient (Wildman–Crippen LogP) is 1.65. The van der Waals surface area contributed by atoms with Crippen molar-refractivity contribution in [1.29, 1.82) is 0 Å². The number of hydrogen-bond acceptors (Lipinski definition) is 4. The first-order valence-corrected chi connectivity index (χ1v) is 7.89. The van der Waals surface area contributed by atoms with Crippen LogP contribution in [0.1, 0.15) is 32.1 Å². The Balaban J connectivity index is 2.08. The van der Waals surface area contributed by atoms with E-state index in [0.717, 1.165) is 32.1 Å². The van der Waals surface area contributed by atoms with Crippen molar-refractivity contribution >= 4 is 21.6 Å². The Kier molecular flexibility index (Phi) is 4.09. The quantitative estimate of drug-likeness (QED) is 0.825. The highest BCUT2D eigenvalue weighted by Crippen LogP contribution is 2.24. The molecule has 1 aliphatic carbocycles. The molecule has 1 aromatic rings. The summed E-state index contributed by atoms with van der Waals surface area (Å²) < 4.78 is 26.2. The number of carbonyl (C=O) groups excluding carboxylic acids is 1. The zero-order chi connectivity index (χ0) is 13.9. The van der Waals surface area contributed by atoms with Crippen molar-refractivity contribution in [2.75, 3.05) is 5.73 Å². The first-order valence-electron chi connectivity index (χ1n) is 6.41. The summed E-state index contributed by atoms with van der Waals surface area (Å²) in [6, 6.07) is 5.79. The fourth-order valence-electron chi connectivity index (χ4n) is 2.29. The van der Waals surface area contributed by atoms with Crippen molar-refractivity contribution in [3.05, 3.63) is 24.3 Å². The molecular formula is C13H18N2O3S. The molecule has 1 amide bonds. The molecule has 1 saturated carbocycles. The normalized spacial score (nSPS) is 17.1. The Labute approximate surface area is 113 Å². The fourth-order valence-corrected chi connectivity index (χ4v) is 3.33. The molecule has 0 atom stereocenters. The van der Waals surface area contributed by atoms with Gasteiger partial charge in [-0.1, -0.05) is 19.3 Å². The van der Waals surface area contributed by atoms with Gasteiger partial charge >= 0.3 is 0 Å². The van der Waals surface area contributed by atoms with Crippen LogP contribution < -0.4 is 10.5 Å². The van der Waals surface area contributed by atoms with Crippen LogP contribution in [0, 0.1) is 5.92 Å². The Hall–Kier alpha value is -1.56. The Morgan fingerprint density at radius 3 is 2.26 bits per heavy atom. The molecule has 0 aromatic heterocycles. The number of sulfonamides is 1. The van der Waals surface area contributed by atoms with Crippen LogP contribution in [-0.2, 0) is 14.8 Å². The molecule has 0 unspecified atom stereocenters. The summed E-state index contributed by atoms with van der Waals surface area (Å²) in [5.74, 6) is -0.575. The Morgan fingerprint density at radius 2 is 1.68 bits per heavy atom. The van der Waals surface area contributed by atoms with Gasteiger partial charge in [0.05, 0.1) is 4.90 Å². The number of anilines is 1. The Morgan fingerprint density at radius 1 is 1.11 bits per heavy atom. The van der Waals surface area contributed by atoms with Gasteiger partial charge in [0.1, 0.15) is 0 Å². The molecule has 5 nitrogen and oxygen atoms in total. The standard InChI is InChI=1S/C13H18N2O3S/c14-11-6-8-12(9-7-11)19(17,18)15-13(16)10-4-2-1-3-5-10/h6-10H,1-5,14H2,(H,15,16). The van der Waals surface area contributed by atoms with E-state index in [1.54, 1.807) is 0 Å². The molecule has 0 saturated heterocycles. The molecule has 3 N–H and O–H groups in total. The second-order valence-electron chi connectivity index (χ2n) is 4.87. The van der Waals surface area contributed by atoms with E-state index in [-0.39, 0.29) is 10.8 Å². The van der Waals surface area contributed by atoms with Crippen LogP contribution in [0.15, 0.2) is 29.2 Å². The lowest BCUT2D eigenvalue weighted by atomic mass is 9.89. The molecule has 1 aromatic carbocycles. The van der Waals surface area contributed by atoms with Crippen molar-refractivity contribution in [3.8, 4) is 0 Å². The molecular weight excluding hydrogens is 264 g/mol. The van der Waals surface area contributed by atoms with Gasteiger partial charge in [0, 0.05) is 11.6 Å². The predicted molar refractivity (Wildman–Crippen MR) is 72.8 cm³/mol. The summed E-state index contributed by atoms with van der Waals surface area (Å²) in [5.41, 5.74) is 5.99. The number of nitrogens with two attached hydrogens (primary N) is 1. The van der Waals surface area contributed by atoms with E-state index in [1.165, 1.54) is 24.3 Å². The summed E-state index contributed by atoms with van der Waals surface area (Å²) in [6.07, 6.45) is 4.63. The minimum atomic E-state index is -3.78. The Bertz CT molecular complexity index is 546. The maximum absolute atomic E-state index is 12.0. The van der Waals surface area contributed by atoms with Crippen molar-refractivity contribution in [3.63, 3.8) is 0 Å². The molecule has 1 aliphatic rings. The number of rotatable bonds is 3. The van der Waals surface area contributed by atoms with Crippen LogP contribution in [0.25, 0.3) is 0 Å². The van der Waals surface area contributed by atoms with Crippen molar-refractivity contribution in [2.24, 2.45) is 5.92 Å². The van der Waals surface area contributed by atoms with Gasteiger partial charge in [-0.25, -0.2) is 13.1 Å². The van der Waals surface area contributed by atoms with E-state index in [1.807, 2.05) is 0 Å². The maximum Gasteiger partial charge on any atom is 0.264 e. The van der Waals surface area contributed by atoms with E-state index < -0.39 is 15.9 Å². The zero-order valence-corrected chi connectivity index (χ0v) is 11.4. The monoisotopic (exact) mass is 282 g/mol. The average Bonchev–Trinajstić information content (AvgIpc) is 2.40. The van der Waals surface area contributed by atoms with Gasteiger partial charge in [0.2, 0.25) is 5.91 Å². The number of hydrogen-bond donors (Lipinski definition) is 2. The second kappa shape index (κ2) is 5.61. The highest BCUT2D eigenvalue weighted by Gasteiger charge is 2.25. The molecule has 0 aliphatic heterocycles. The van der Waals surface area contributed by atoms with E-state index >= 15 is 0 Å². The van der Waals surface area contributed by atoms with Gasteiger partial charge in [-0.15, -0.1) is 0 Å². The molecule has 0 heterocycles. The number of nitrogens with one attached hydrogen (secondary N) is 1. The third kappa shape index (κ3) is 3.47. The summed E-state index contributed by atoms with van der Waals surface area (Å²) in [5, 5.41) is 0. The second-order valence-corrected chi connectivity index (χ2v) is 6.56. The van der Waals surface area contributed by atoms with Crippen molar-refractivity contribution < 1.29 is 13.2 Å². The molecule has 0 bridgehead atoms. The van der Waals surface area contributed by atoms with Gasteiger partial charge in [-0.3, -0.25) is 4.79 Å². The lowest BCUT2D eigenvalue weighted by Crippen LogP contribution is -2.36. The molecule has 6 heteroatoms. The lowest BCUT2D eigenvalue weighted by Gasteiger charge is -2.20. The topological polar surface area (TPSA) is 89.3 Å². The first kappa shape index (κ1) is 13.9. The molecule has 104 valence electrons. The maximum atomic E-state index is 12.0. The van der Waals surface area contributed by atoms with E-state index in [0.29, 0.717) is 5.69 Å². The van der Waals surface area contributed by atoms with E-state index in [2.05, 4.69) is 4.72 Å². The number of nitrogen functional groups attached to an aromatic ring is 1. The van der Waals surface area contributed by atoms with Crippen LogP contribution in [0.3, 0.4) is 0 Å². The zero-order valence-electron chi connectivity index (χ0n) is 10.6. The summed E-state index contributed by atoms with van der Waals surface area (Å²) in [4.78, 5) is 12.0. The van der Waals surface area contributed by atoms with Crippen LogP contribution >= 0.6 is 0 Å². The smallest absolute Gasteiger partial charge is 0.264 e. The lowest BCUT2D eigenvalue weighted by molar-refractivity contribution is -0.124. The number of amides is 1. The van der Waals surface area contributed by atoms with Gasteiger partial charge in [0.15, 0.2) is 0 Å². The minimum Gasteiger partial charge on any atom is -0.399 e. The molecule has 2 rings (SSSR count). The van der Waals surface area contributed by atoms with Gasteiger partial charge in [0.25, 0.3) is 10.0 Å².